The molecule has 1 aromatic rings. The number of likely N-dealkylation sites (tertiary alicyclic amines) is 1. The van der Waals surface area contributed by atoms with E-state index in [1.54, 1.807) is 0 Å². The van der Waals surface area contributed by atoms with E-state index in [0.717, 1.165) is 38.8 Å². The highest BCUT2D eigenvalue weighted by Gasteiger charge is 2.31. The maximum atomic E-state index is 5.56. The average molecular weight is 408 g/mol. The minimum Gasteiger partial charge on any atom is -0.379 e. The predicted octanol–water partition coefficient (Wildman–Crippen LogP) is 2.41. The monoisotopic (exact) mass is 407 g/mol. The van der Waals surface area contributed by atoms with Gasteiger partial charge in [-0.2, -0.15) is 0 Å². The number of nitrogens with zero attached hydrogens (tertiary/aromatic N) is 3. The molecule has 28 heavy (non-hydrogen) atoms. The van der Waals surface area contributed by atoms with Crippen molar-refractivity contribution in [2.45, 2.75) is 44.8 Å². The van der Waals surface area contributed by atoms with Crippen LogP contribution in [0.25, 0.3) is 0 Å². The number of thiophene rings is 1. The molecule has 0 spiro atoms. The molecular formula is C21H37N5OS. The first-order chi connectivity index (χ1) is 13.6. The quantitative estimate of drug-likeness (QED) is 0.560. The fourth-order valence-electron chi connectivity index (χ4n) is 4.59. The van der Waals surface area contributed by atoms with Gasteiger partial charge in [-0.05, 0) is 57.6 Å². The Labute approximate surface area is 174 Å². The topological polar surface area (TPSA) is 52.1 Å². The maximum absolute atomic E-state index is 5.56. The molecule has 158 valence electrons. The van der Waals surface area contributed by atoms with Gasteiger partial charge in [-0.1, -0.05) is 6.07 Å². The second-order valence-corrected chi connectivity index (χ2v) is 9.17. The SMILES string of the molecule is CN=C(NCC1CCCN(C)C1c1cccs1)NCC(C)N1CCOCC1C. The summed E-state index contributed by atoms with van der Waals surface area (Å²) in [5.41, 5.74) is 0. The lowest BCUT2D eigenvalue weighted by Gasteiger charge is -2.39. The summed E-state index contributed by atoms with van der Waals surface area (Å²) in [6, 6.07) is 5.89. The molecule has 3 rings (SSSR count). The molecule has 2 fully saturated rings. The summed E-state index contributed by atoms with van der Waals surface area (Å²) in [4.78, 5) is 11.0. The molecule has 7 heteroatoms. The molecule has 0 radical (unpaired) electrons. The summed E-state index contributed by atoms with van der Waals surface area (Å²) in [5.74, 6) is 1.51. The fraction of sp³-hybridized carbons (Fsp3) is 0.762. The fourth-order valence-corrected chi connectivity index (χ4v) is 5.57. The molecule has 2 N–H and O–H groups in total. The largest absolute Gasteiger partial charge is 0.379 e. The summed E-state index contributed by atoms with van der Waals surface area (Å²) >= 11 is 1.88. The van der Waals surface area contributed by atoms with Crippen LogP contribution in [0.5, 0.6) is 0 Å². The Morgan fingerprint density at radius 3 is 2.96 bits per heavy atom. The van der Waals surface area contributed by atoms with Gasteiger partial charge in [0.15, 0.2) is 5.96 Å². The number of ether oxygens (including phenoxy) is 1. The number of hydrogen-bond acceptors (Lipinski definition) is 5. The lowest BCUT2D eigenvalue weighted by Crippen LogP contribution is -2.53. The van der Waals surface area contributed by atoms with Crippen molar-refractivity contribution < 1.29 is 4.74 Å². The maximum Gasteiger partial charge on any atom is 0.191 e. The summed E-state index contributed by atoms with van der Waals surface area (Å²) < 4.78 is 5.56. The third kappa shape index (κ3) is 5.47. The number of piperidine rings is 1. The van der Waals surface area contributed by atoms with Gasteiger partial charge in [-0.25, -0.2) is 0 Å². The van der Waals surface area contributed by atoms with Crippen molar-refractivity contribution in [2.75, 3.05) is 53.5 Å². The standard InChI is InChI=1S/C21H37N5OS/c1-16(26-10-11-27-15-17(26)2)13-23-21(22-3)24-14-18-7-5-9-25(4)20(18)19-8-6-12-28-19/h6,8,12,16-18,20H,5,7,9-11,13-15H2,1-4H3,(H2,22,23,24). The Bertz CT molecular complexity index is 608. The zero-order valence-electron chi connectivity index (χ0n) is 17.9. The predicted molar refractivity (Wildman–Crippen MR) is 118 cm³/mol. The van der Waals surface area contributed by atoms with E-state index in [4.69, 9.17) is 4.74 Å². The lowest BCUT2D eigenvalue weighted by molar-refractivity contribution is -0.0174. The van der Waals surface area contributed by atoms with Gasteiger partial charge >= 0.3 is 0 Å². The van der Waals surface area contributed by atoms with Gasteiger partial charge in [-0.15, -0.1) is 11.3 Å². The van der Waals surface area contributed by atoms with Crippen molar-refractivity contribution in [1.29, 1.82) is 0 Å². The third-order valence-corrected chi connectivity index (χ3v) is 7.09. The lowest BCUT2D eigenvalue weighted by atomic mass is 9.88. The minimum absolute atomic E-state index is 0.456. The smallest absolute Gasteiger partial charge is 0.191 e. The van der Waals surface area contributed by atoms with Crippen LogP contribution in [-0.4, -0.2) is 81.3 Å². The van der Waals surface area contributed by atoms with Crippen molar-refractivity contribution in [3.63, 3.8) is 0 Å². The third-order valence-electron chi connectivity index (χ3n) is 6.15. The Morgan fingerprint density at radius 1 is 1.39 bits per heavy atom. The van der Waals surface area contributed by atoms with E-state index >= 15 is 0 Å². The van der Waals surface area contributed by atoms with Crippen LogP contribution in [0.3, 0.4) is 0 Å². The van der Waals surface area contributed by atoms with E-state index in [1.165, 1.54) is 24.3 Å². The normalized spacial score (nSPS) is 28.9. The van der Waals surface area contributed by atoms with Crippen molar-refractivity contribution >= 4 is 17.3 Å². The Balaban J connectivity index is 1.50. The van der Waals surface area contributed by atoms with Crippen molar-refractivity contribution in [3.8, 4) is 0 Å². The van der Waals surface area contributed by atoms with E-state index in [2.05, 4.69) is 63.8 Å². The molecular weight excluding hydrogens is 370 g/mol. The number of rotatable bonds is 6. The highest BCUT2D eigenvalue weighted by Crippen LogP contribution is 2.36. The van der Waals surface area contributed by atoms with Crippen LogP contribution in [-0.2, 0) is 4.74 Å². The average Bonchev–Trinajstić information content (AvgIpc) is 3.22. The van der Waals surface area contributed by atoms with Gasteiger partial charge < -0.3 is 15.4 Å². The molecule has 0 aromatic carbocycles. The van der Waals surface area contributed by atoms with Crippen molar-refractivity contribution in [2.24, 2.45) is 10.9 Å². The molecule has 4 atom stereocenters. The molecule has 2 saturated heterocycles. The molecule has 0 aliphatic carbocycles. The molecule has 0 bridgehead atoms. The van der Waals surface area contributed by atoms with E-state index < -0.39 is 0 Å². The summed E-state index contributed by atoms with van der Waals surface area (Å²) in [6.45, 7) is 10.2. The van der Waals surface area contributed by atoms with E-state index in [9.17, 15) is 0 Å². The van der Waals surface area contributed by atoms with E-state index in [0.29, 0.717) is 24.0 Å². The number of hydrogen-bond donors (Lipinski definition) is 2. The van der Waals surface area contributed by atoms with Gasteiger partial charge in [0.25, 0.3) is 0 Å². The van der Waals surface area contributed by atoms with E-state index in [-0.39, 0.29) is 0 Å². The number of aliphatic imine (C=N–C) groups is 1. The van der Waals surface area contributed by atoms with Gasteiger partial charge in [0.05, 0.1) is 13.2 Å². The van der Waals surface area contributed by atoms with Crippen LogP contribution in [0.15, 0.2) is 22.5 Å². The van der Waals surface area contributed by atoms with Crippen LogP contribution in [0.2, 0.25) is 0 Å². The molecule has 0 amide bonds. The van der Waals surface area contributed by atoms with Crippen LogP contribution in [0, 0.1) is 5.92 Å². The molecule has 3 heterocycles. The van der Waals surface area contributed by atoms with Crippen LogP contribution in [0.1, 0.15) is 37.6 Å². The molecule has 0 saturated carbocycles. The van der Waals surface area contributed by atoms with Gasteiger partial charge in [0, 0.05) is 49.7 Å². The molecule has 2 aliphatic rings. The number of nitrogens with one attached hydrogen (secondary N) is 2. The second-order valence-electron chi connectivity index (χ2n) is 8.19. The summed E-state index contributed by atoms with van der Waals surface area (Å²) in [5, 5.41) is 9.32. The van der Waals surface area contributed by atoms with Crippen LogP contribution >= 0.6 is 11.3 Å². The highest BCUT2D eigenvalue weighted by molar-refractivity contribution is 7.10. The van der Waals surface area contributed by atoms with E-state index in [1.807, 2.05) is 18.4 Å². The molecule has 2 aliphatic heterocycles. The van der Waals surface area contributed by atoms with Crippen molar-refractivity contribution in [3.05, 3.63) is 22.4 Å². The van der Waals surface area contributed by atoms with Crippen molar-refractivity contribution in [1.82, 2.24) is 20.4 Å². The zero-order chi connectivity index (χ0) is 19.9. The first-order valence-electron chi connectivity index (χ1n) is 10.6. The van der Waals surface area contributed by atoms with Gasteiger partial charge in [0.1, 0.15) is 0 Å². The number of morpholine rings is 1. The Kier molecular flexibility index (Phi) is 8.14. The van der Waals surface area contributed by atoms with Crippen LogP contribution in [0.4, 0.5) is 0 Å². The van der Waals surface area contributed by atoms with Crippen LogP contribution < -0.4 is 10.6 Å². The number of guanidine groups is 1. The Hall–Kier alpha value is -1.15. The molecule has 4 unspecified atom stereocenters. The summed E-state index contributed by atoms with van der Waals surface area (Å²) in [7, 11) is 4.12. The van der Waals surface area contributed by atoms with Gasteiger partial charge in [0.2, 0.25) is 0 Å². The molecule has 6 nitrogen and oxygen atoms in total. The first kappa shape index (κ1) is 21.6. The summed E-state index contributed by atoms with van der Waals surface area (Å²) in [6.07, 6.45) is 2.53. The molecule has 1 aromatic heterocycles. The first-order valence-corrected chi connectivity index (χ1v) is 11.5. The zero-order valence-corrected chi connectivity index (χ0v) is 18.7. The van der Waals surface area contributed by atoms with Gasteiger partial charge in [-0.3, -0.25) is 14.8 Å². The Morgan fingerprint density at radius 2 is 2.25 bits per heavy atom. The minimum atomic E-state index is 0.456. The second kappa shape index (κ2) is 10.6. The highest BCUT2D eigenvalue weighted by atomic mass is 32.1.